The van der Waals surface area contributed by atoms with E-state index in [1.54, 1.807) is 7.11 Å². The maximum Gasteiger partial charge on any atom is 0.237 e. The second-order valence-electron chi connectivity index (χ2n) is 7.57. The van der Waals surface area contributed by atoms with E-state index in [1.165, 1.54) is 11.1 Å². The van der Waals surface area contributed by atoms with Crippen LogP contribution in [0.25, 0.3) is 0 Å². The van der Waals surface area contributed by atoms with Gasteiger partial charge in [-0.2, -0.15) is 0 Å². The standard InChI is InChI=1S/C24H32N2O3/c1-4-5-14-29-22-11-10-19(15-23(22)28-3)16-25-24(27)18(2)26-13-12-20-8-6-7-9-21(20)17-26/h6-11,15,18H,4-5,12-14,16-17H2,1-3H3,(H,25,27). The molecule has 1 amide bonds. The number of ether oxygens (including phenoxy) is 2. The number of hydrogen-bond donors (Lipinski definition) is 1. The first kappa shape index (κ1) is 21.2. The highest BCUT2D eigenvalue weighted by atomic mass is 16.5. The molecule has 156 valence electrons. The predicted molar refractivity (Wildman–Crippen MR) is 115 cm³/mol. The third-order valence-corrected chi connectivity index (χ3v) is 5.54. The van der Waals surface area contributed by atoms with E-state index in [0.717, 1.165) is 43.7 Å². The third-order valence-electron chi connectivity index (χ3n) is 5.54. The minimum atomic E-state index is -0.165. The van der Waals surface area contributed by atoms with Gasteiger partial charge in [-0.3, -0.25) is 9.69 Å². The van der Waals surface area contributed by atoms with Crippen LogP contribution in [0, 0.1) is 0 Å². The number of unbranched alkanes of at least 4 members (excludes halogenated alkanes) is 1. The van der Waals surface area contributed by atoms with E-state index in [9.17, 15) is 4.79 Å². The first-order valence-corrected chi connectivity index (χ1v) is 10.5. The molecule has 2 aromatic rings. The number of amides is 1. The maximum atomic E-state index is 12.7. The highest BCUT2D eigenvalue weighted by Crippen LogP contribution is 2.28. The molecule has 0 saturated heterocycles. The summed E-state index contributed by atoms with van der Waals surface area (Å²) in [5, 5.41) is 3.07. The van der Waals surface area contributed by atoms with Crippen molar-refractivity contribution in [2.75, 3.05) is 20.3 Å². The minimum absolute atomic E-state index is 0.0478. The third kappa shape index (κ3) is 5.51. The fourth-order valence-electron chi connectivity index (χ4n) is 3.62. The highest BCUT2D eigenvalue weighted by Gasteiger charge is 2.25. The van der Waals surface area contributed by atoms with Gasteiger partial charge < -0.3 is 14.8 Å². The van der Waals surface area contributed by atoms with Crippen LogP contribution in [-0.2, 0) is 24.3 Å². The van der Waals surface area contributed by atoms with E-state index in [0.29, 0.717) is 18.9 Å². The number of nitrogens with one attached hydrogen (secondary N) is 1. The van der Waals surface area contributed by atoms with Crippen molar-refractivity contribution in [1.29, 1.82) is 0 Å². The Balaban J connectivity index is 1.54. The van der Waals surface area contributed by atoms with Crippen molar-refractivity contribution < 1.29 is 14.3 Å². The van der Waals surface area contributed by atoms with Gasteiger partial charge in [-0.1, -0.05) is 43.7 Å². The van der Waals surface area contributed by atoms with Gasteiger partial charge in [0.1, 0.15) is 0 Å². The Kier molecular flexibility index (Phi) is 7.53. The molecule has 1 aliphatic heterocycles. The van der Waals surface area contributed by atoms with Gasteiger partial charge in [0.2, 0.25) is 5.91 Å². The monoisotopic (exact) mass is 396 g/mol. The summed E-state index contributed by atoms with van der Waals surface area (Å²) < 4.78 is 11.2. The van der Waals surface area contributed by atoms with Gasteiger partial charge in [-0.05, 0) is 48.6 Å². The second-order valence-corrected chi connectivity index (χ2v) is 7.57. The lowest BCUT2D eigenvalue weighted by Crippen LogP contribution is -2.46. The summed E-state index contributed by atoms with van der Waals surface area (Å²) >= 11 is 0. The van der Waals surface area contributed by atoms with Crippen LogP contribution in [0.4, 0.5) is 0 Å². The van der Waals surface area contributed by atoms with Crippen LogP contribution >= 0.6 is 0 Å². The summed E-state index contributed by atoms with van der Waals surface area (Å²) in [4.78, 5) is 15.0. The average molecular weight is 397 g/mol. The van der Waals surface area contributed by atoms with Crippen LogP contribution in [-0.4, -0.2) is 37.1 Å². The zero-order chi connectivity index (χ0) is 20.6. The van der Waals surface area contributed by atoms with Crippen molar-refractivity contribution in [2.24, 2.45) is 0 Å². The number of carbonyl (C=O) groups is 1. The lowest BCUT2D eigenvalue weighted by Gasteiger charge is -2.32. The van der Waals surface area contributed by atoms with E-state index in [4.69, 9.17) is 9.47 Å². The summed E-state index contributed by atoms with van der Waals surface area (Å²) in [5.41, 5.74) is 3.71. The van der Waals surface area contributed by atoms with E-state index in [-0.39, 0.29) is 11.9 Å². The van der Waals surface area contributed by atoms with E-state index in [2.05, 4.69) is 41.4 Å². The Labute approximate surface area is 174 Å². The van der Waals surface area contributed by atoms with Crippen molar-refractivity contribution in [3.05, 3.63) is 59.2 Å². The largest absolute Gasteiger partial charge is 0.493 e. The van der Waals surface area contributed by atoms with E-state index in [1.807, 2.05) is 25.1 Å². The number of methoxy groups -OCH3 is 1. The zero-order valence-corrected chi connectivity index (χ0v) is 17.7. The smallest absolute Gasteiger partial charge is 0.237 e. The van der Waals surface area contributed by atoms with Crippen LogP contribution in [0.1, 0.15) is 43.4 Å². The maximum absolute atomic E-state index is 12.7. The van der Waals surface area contributed by atoms with Gasteiger partial charge in [-0.15, -0.1) is 0 Å². The molecule has 5 heteroatoms. The molecule has 5 nitrogen and oxygen atoms in total. The molecule has 0 saturated carbocycles. The van der Waals surface area contributed by atoms with Crippen molar-refractivity contribution in [3.63, 3.8) is 0 Å². The van der Waals surface area contributed by atoms with Crippen LogP contribution in [0.5, 0.6) is 11.5 Å². The Hall–Kier alpha value is -2.53. The van der Waals surface area contributed by atoms with Crippen LogP contribution < -0.4 is 14.8 Å². The lowest BCUT2D eigenvalue weighted by molar-refractivity contribution is -0.126. The fraction of sp³-hybridized carbons (Fsp3) is 0.458. The summed E-state index contributed by atoms with van der Waals surface area (Å²) in [6, 6.07) is 14.1. The van der Waals surface area contributed by atoms with Gasteiger partial charge >= 0.3 is 0 Å². The minimum Gasteiger partial charge on any atom is -0.493 e. The molecule has 3 rings (SSSR count). The number of nitrogens with zero attached hydrogens (tertiary/aromatic N) is 1. The lowest BCUT2D eigenvalue weighted by atomic mass is 9.99. The summed E-state index contributed by atoms with van der Waals surface area (Å²) in [6.45, 7) is 6.99. The quantitative estimate of drug-likeness (QED) is 0.653. The molecule has 0 aromatic heterocycles. The number of fused-ring (bicyclic) bond motifs is 1. The Morgan fingerprint density at radius 1 is 1.17 bits per heavy atom. The number of rotatable bonds is 9. The summed E-state index contributed by atoms with van der Waals surface area (Å²) in [7, 11) is 1.64. The molecule has 1 heterocycles. The van der Waals surface area contributed by atoms with Crippen molar-refractivity contribution in [3.8, 4) is 11.5 Å². The fourth-order valence-corrected chi connectivity index (χ4v) is 3.62. The number of carbonyl (C=O) groups excluding carboxylic acids is 1. The Bertz CT molecular complexity index is 822. The van der Waals surface area contributed by atoms with Gasteiger partial charge in [0.25, 0.3) is 0 Å². The normalized spacial score (nSPS) is 14.7. The average Bonchev–Trinajstić information content (AvgIpc) is 2.77. The molecular weight excluding hydrogens is 364 g/mol. The molecule has 0 spiro atoms. The SMILES string of the molecule is CCCCOc1ccc(CNC(=O)C(C)N2CCc3ccccc3C2)cc1OC. The van der Waals surface area contributed by atoms with E-state index >= 15 is 0 Å². The van der Waals surface area contributed by atoms with Gasteiger partial charge in [0.05, 0.1) is 19.8 Å². The number of benzene rings is 2. The molecule has 1 unspecified atom stereocenters. The molecule has 29 heavy (non-hydrogen) atoms. The topological polar surface area (TPSA) is 50.8 Å². The first-order chi connectivity index (χ1) is 14.1. The van der Waals surface area contributed by atoms with Crippen LogP contribution in [0.15, 0.2) is 42.5 Å². The van der Waals surface area contributed by atoms with Crippen LogP contribution in [0.2, 0.25) is 0 Å². The Morgan fingerprint density at radius 3 is 2.72 bits per heavy atom. The van der Waals surface area contributed by atoms with Crippen molar-refractivity contribution in [2.45, 2.75) is 52.2 Å². The van der Waals surface area contributed by atoms with Crippen LogP contribution in [0.3, 0.4) is 0 Å². The molecular formula is C24H32N2O3. The van der Waals surface area contributed by atoms with Crippen molar-refractivity contribution >= 4 is 5.91 Å². The molecule has 0 bridgehead atoms. The summed E-state index contributed by atoms with van der Waals surface area (Å²) in [5.74, 6) is 1.50. The van der Waals surface area contributed by atoms with Crippen molar-refractivity contribution in [1.82, 2.24) is 10.2 Å². The Morgan fingerprint density at radius 2 is 1.97 bits per heavy atom. The second kappa shape index (κ2) is 10.3. The highest BCUT2D eigenvalue weighted by molar-refractivity contribution is 5.81. The number of hydrogen-bond acceptors (Lipinski definition) is 4. The van der Waals surface area contributed by atoms with Gasteiger partial charge in [0.15, 0.2) is 11.5 Å². The molecule has 1 aliphatic rings. The van der Waals surface area contributed by atoms with Gasteiger partial charge in [-0.25, -0.2) is 0 Å². The molecule has 0 fully saturated rings. The molecule has 0 radical (unpaired) electrons. The predicted octanol–water partition coefficient (Wildman–Crippen LogP) is 3.94. The van der Waals surface area contributed by atoms with E-state index < -0.39 is 0 Å². The summed E-state index contributed by atoms with van der Waals surface area (Å²) in [6.07, 6.45) is 3.09. The molecule has 2 aromatic carbocycles. The molecule has 0 aliphatic carbocycles. The molecule has 1 atom stereocenters. The zero-order valence-electron chi connectivity index (χ0n) is 17.7. The van der Waals surface area contributed by atoms with Gasteiger partial charge in [0, 0.05) is 19.6 Å². The first-order valence-electron chi connectivity index (χ1n) is 10.5. The molecule has 1 N–H and O–H groups in total.